The van der Waals surface area contributed by atoms with Crippen LogP contribution in [-0.2, 0) is 19.6 Å². The zero-order valence-electron chi connectivity index (χ0n) is 20.0. The van der Waals surface area contributed by atoms with Gasteiger partial charge in [0, 0.05) is 30.9 Å². The fourth-order valence-electron chi connectivity index (χ4n) is 4.43. The van der Waals surface area contributed by atoms with Gasteiger partial charge in [-0.15, -0.1) is 0 Å². The fourth-order valence-corrected chi connectivity index (χ4v) is 4.43. The average Bonchev–Trinajstić information content (AvgIpc) is 3.32. The molecule has 9 nitrogen and oxygen atoms in total. The largest absolute Gasteiger partial charge is 0.329 e. The van der Waals surface area contributed by atoms with Crippen LogP contribution in [0.2, 0.25) is 0 Å². The molecule has 0 aliphatic carbocycles. The summed E-state index contributed by atoms with van der Waals surface area (Å²) in [4.78, 5) is 33.0. The molecule has 184 valence electrons. The molecule has 0 fully saturated rings. The maximum atomic E-state index is 13.9. The number of nitro benzene ring substituents is 1. The third-order valence-corrected chi connectivity index (χ3v) is 6.33. The van der Waals surface area contributed by atoms with Crippen LogP contribution in [0.15, 0.2) is 65.7 Å². The molecule has 0 atom stereocenters. The van der Waals surface area contributed by atoms with Crippen LogP contribution in [0.5, 0.6) is 0 Å². The number of fused-ring (bicyclic) bond motifs is 2. The van der Waals surface area contributed by atoms with E-state index in [2.05, 4.69) is 28.4 Å². The lowest BCUT2D eigenvalue weighted by atomic mass is 10.1. The van der Waals surface area contributed by atoms with Gasteiger partial charge < -0.3 is 4.57 Å². The van der Waals surface area contributed by atoms with E-state index in [1.165, 1.54) is 24.3 Å². The first-order chi connectivity index (χ1) is 17.3. The number of aromatic nitrogens is 5. The van der Waals surface area contributed by atoms with Gasteiger partial charge in [-0.25, -0.2) is 14.2 Å². The van der Waals surface area contributed by atoms with E-state index in [0.29, 0.717) is 34.8 Å². The number of nitrogens with zero attached hydrogens (tertiary/aromatic N) is 6. The molecular formula is C26H25FN6O3. The van der Waals surface area contributed by atoms with E-state index >= 15 is 0 Å². The van der Waals surface area contributed by atoms with Gasteiger partial charge in [0.1, 0.15) is 11.6 Å². The topological polar surface area (TPSA) is 101 Å². The van der Waals surface area contributed by atoms with E-state index in [0.717, 1.165) is 17.5 Å². The first kappa shape index (κ1) is 23.4. The Morgan fingerprint density at radius 3 is 2.44 bits per heavy atom. The zero-order valence-corrected chi connectivity index (χ0v) is 20.0. The van der Waals surface area contributed by atoms with Crippen molar-refractivity contribution in [2.75, 3.05) is 0 Å². The Balaban J connectivity index is 1.58. The van der Waals surface area contributed by atoms with Crippen LogP contribution in [0.1, 0.15) is 31.7 Å². The van der Waals surface area contributed by atoms with E-state index in [9.17, 15) is 19.3 Å². The molecular weight excluding hydrogens is 463 g/mol. The number of halogens is 1. The Hall–Kier alpha value is -4.34. The van der Waals surface area contributed by atoms with Crippen molar-refractivity contribution in [1.82, 2.24) is 23.7 Å². The number of hydrogen-bond donors (Lipinski definition) is 0. The highest BCUT2D eigenvalue weighted by Crippen LogP contribution is 2.22. The van der Waals surface area contributed by atoms with Crippen molar-refractivity contribution in [3.63, 3.8) is 0 Å². The standard InChI is InChI=1S/C26H25FN6O3/c1-17(2)10-12-30-22-8-5-19(27)13-21(22)29-25(30)16-32-24-14-28-11-9-23(24)31(26(32)34)15-18-3-6-20(7-4-18)33(35)36/h3-9,11,13-14,17H,10,12,15-16H2,1-2H3. The number of benzene rings is 2. The average molecular weight is 489 g/mol. The van der Waals surface area contributed by atoms with Gasteiger partial charge in [-0.3, -0.25) is 24.2 Å². The van der Waals surface area contributed by atoms with Crippen LogP contribution in [-0.4, -0.2) is 28.6 Å². The predicted molar refractivity (Wildman–Crippen MR) is 134 cm³/mol. The highest BCUT2D eigenvalue weighted by atomic mass is 19.1. The fraction of sp³-hybridized carbons (Fsp3) is 0.269. The highest BCUT2D eigenvalue weighted by molar-refractivity contribution is 5.77. The van der Waals surface area contributed by atoms with Crippen molar-refractivity contribution in [2.24, 2.45) is 5.92 Å². The Labute approximate surface area is 205 Å². The van der Waals surface area contributed by atoms with Crippen LogP contribution >= 0.6 is 0 Å². The van der Waals surface area contributed by atoms with E-state index in [-0.39, 0.29) is 30.3 Å². The maximum absolute atomic E-state index is 13.9. The molecule has 0 amide bonds. The summed E-state index contributed by atoms with van der Waals surface area (Å²) in [5.41, 5.74) is 3.24. The Kier molecular flexibility index (Phi) is 6.09. The monoisotopic (exact) mass is 488 g/mol. The minimum atomic E-state index is -0.454. The Morgan fingerprint density at radius 2 is 1.72 bits per heavy atom. The molecule has 10 heteroatoms. The van der Waals surface area contributed by atoms with Crippen molar-refractivity contribution in [1.29, 1.82) is 0 Å². The number of hydrogen-bond acceptors (Lipinski definition) is 5. The summed E-state index contributed by atoms with van der Waals surface area (Å²) in [5, 5.41) is 11.0. The molecule has 2 aromatic carbocycles. The first-order valence-electron chi connectivity index (χ1n) is 11.7. The maximum Gasteiger partial charge on any atom is 0.329 e. The summed E-state index contributed by atoms with van der Waals surface area (Å²) in [5.74, 6) is 0.770. The first-order valence-corrected chi connectivity index (χ1v) is 11.7. The van der Waals surface area contributed by atoms with Crippen molar-refractivity contribution in [3.05, 3.63) is 98.7 Å². The number of imidazole rings is 2. The third-order valence-electron chi connectivity index (χ3n) is 6.33. The SMILES string of the molecule is CC(C)CCn1c(Cn2c(=O)n(Cc3ccc([N+](=O)[O-])cc3)c3ccncc32)nc2cc(F)ccc21. The number of pyridine rings is 1. The molecule has 5 aromatic rings. The molecule has 0 aliphatic rings. The molecule has 0 radical (unpaired) electrons. The molecule has 0 saturated carbocycles. The summed E-state index contributed by atoms with van der Waals surface area (Å²) < 4.78 is 19.2. The second-order valence-electron chi connectivity index (χ2n) is 9.24. The lowest BCUT2D eigenvalue weighted by molar-refractivity contribution is -0.384. The zero-order chi connectivity index (χ0) is 25.4. The molecule has 0 N–H and O–H groups in total. The minimum absolute atomic E-state index is 0.00513. The van der Waals surface area contributed by atoms with Gasteiger partial charge in [0.2, 0.25) is 0 Å². The number of aryl methyl sites for hydroxylation is 1. The number of nitro groups is 1. The van der Waals surface area contributed by atoms with Gasteiger partial charge >= 0.3 is 5.69 Å². The lowest BCUT2D eigenvalue weighted by Crippen LogP contribution is -2.26. The van der Waals surface area contributed by atoms with Crippen molar-refractivity contribution in [2.45, 2.75) is 39.9 Å². The molecule has 0 unspecified atom stereocenters. The molecule has 3 heterocycles. The molecule has 0 bridgehead atoms. The van der Waals surface area contributed by atoms with Crippen LogP contribution < -0.4 is 5.69 Å². The van der Waals surface area contributed by atoms with Crippen LogP contribution in [0.4, 0.5) is 10.1 Å². The Bertz CT molecular complexity index is 1630. The van der Waals surface area contributed by atoms with Crippen LogP contribution in [0.3, 0.4) is 0 Å². The molecule has 3 aromatic heterocycles. The molecule has 0 saturated heterocycles. The van der Waals surface area contributed by atoms with Gasteiger partial charge in [-0.2, -0.15) is 0 Å². The molecule has 0 spiro atoms. The minimum Gasteiger partial charge on any atom is -0.326 e. The van der Waals surface area contributed by atoms with Crippen LogP contribution in [0, 0.1) is 21.8 Å². The predicted octanol–water partition coefficient (Wildman–Crippen LogP) is 4.74. The quantitative estimate of drug-likeness (QED) is 0.232. The van der Waals surface area contributed by atoms with Crippen molar-refractivity contribution >= 4 is 27.8 Å². The second-order valence-corrected chi connectivity index (χ2v) is 9.24. The smallest absolute Gasteiger partial charge is 0.326 e. The van der Waals surface area contributed by atoms with Gasteiger partial charge in [-0.1, -0.05) is 26.0 Å². The van der Waals surface area contributed by atoms with E-state index in [1.807, 2.05) is 0 Å². The van der Waals surface area contributed by atoms with Crippen molar-refractivity contribution < 1.29 is 9.31 Å². The highest BCUT2D eigenvalue weighted by Gasteiger charge is 2.18. The van der Waals surface area contributed by atoms with E-state index in [1.54, 1.807) is 45.8 Å². The van der Waals surface area contributed by atoms with Gasteiger partial charge in [-0.05, 0) is 36.1 Å². The summed E-state index contributed by atoms with van der Waals surface area (Å²) in [6.45, 7) is 5.42. The summed E-state index contributed by atoms with van der Waals surface area (Å²) in [6, 6.07) is 12.5. The molecule has 0 aliphatic heterocycles. The second kappa shape index (κ2) is 9.37. The number of non-ortho nitro benzene ring substituents is 1. The van der Waals surface area contributed by atoms with E-state index < -0.39 is 4.92 Å². The molecule has 5 rings (SSSR count). The normalized spacial score (nSPS) is 11.7. The van der Waals surface area contributed by atoms with E-state index in [4.69, 9.17) is 0 Å². The third kappa shape index (κ3) is 4.37. The number of rotatable bonds is 8. The summed E-state index contributed by atoms with van der Waals surface area (Å²) in [6.07, 6.45) is 4.18. The van der Waals surface area contributed by atoms with Gasteiger partial charge in [0.05, 0.1) is 46.3 Å². The molecule has 36 heavy (non-hydrogen) atoms. The van der Waals surface area contributed by atoms with Crippen molar-refractivity contribution in [3.8, 4) is 0 Å². The lowest BCUT2D eigenvalue weighted by Gasteiger charge is -2.11. The van der Waals surface area contributed by atoms with Crippen LogP contribution in [0.25, 0.3) is 22.1 Å². The van der Waals surface area contributed by atoms with Gasteiger partial charge in [0.15, 0.2) is 0 Å². The summed E-state index contributed by atoms with van der Waals surface area (Å²) >= 11 is 0. The Morgan fingerprint density at radius 1 is 0.972 bits per heavy atom. The van der Waals surface area contributed by atoms with Gasteiger partial charge in [0.25, 0.3) is 5.69 Å². The summed E-state index contributed by atoms with van der Waals surface area (Å²) in [7, 11) is 0.